The molecule has 0 aliphatic carbocycles. The number of carbonyl (C=O) groups excluding carboxylic acids is 1. The number of aryl methyl sites for hydroxylation is 1. The fourth-order valence-electron chi connectivity index (χ4n) is 2.96. The van der Waals surface area contributed by atoms with Crippen LogP contribution >= 0.6 is 12.4 Å². The third-order valence-corrected chi connectivity index (χ3v) is 4.19. The lowest BCUT2D eigenvalue weighted by molar-refractivity contribution is -0.134. The van der Waals surface area contributed by atoms with Crippen molar-refractivity contribution >= 4 is 18.3 Å². The first kappa shape index (κ1) is 17.0. The van der Waals surface area contributed by atoms with E-state index >= 15 is 0 Å². The van der Waals surface area contributed by atoms with E-state index in [4.69, 9.17) is 5.73 Å². The van der Waals surface area contributed by atoms with E-state index in [0.717, 1.165) is 19.4 Å². The summed E-state index contributed by atoms with van der Waals surface area (Å²) in [6.45, 7) is 5.60. The Labute approximate surface area is 127 Å². The minimum Gasteiger partial charge on any atom is -0.336 e. The van der Waals surface area contributed by atoms with Crippen molar-refractivity contribution in [3.63, 3.8) is 0 Å². The second-order valence-corrected chi connectivity index (χ2v) is 5.43. The molecule has 1 atom stereocenters. The molecule has 1 aromatic carbocycles. The maximum atomic E-state index is 12.2. The Morgan fingerprint density at radius 1 is 1.35 bits per heavy atom. The molecule has 2 rings (SSSR count). The van der Waals surface area contributed by atoms with Gasteiger partial charge in [0, 0.05) is 19.5 Å². The number of amides is 1. The van der Waals surface area contributed by atoms with Gasteiger partial charge in [0.15, 0.2) is 0 Å². The molecule has 0 saturated carbocycles. The van der Waals surface area contributed by atoms with Gasteiger partial charge in [0.1, 0.15) is 0 Å². The molecule has 112 valence electrons. The quantitative estimate of drug-likeness (QED) is 0.931. The summed E-state index contributed by atoms with van der Waals surface area (Å²) in [7, 11) is 0. The zero-order valence-corrected chi connectivity index (χ0v) is 13.2. The summed E-state index contributed by atoms with van der Waals surface area (Å²) in [6.07, 6.45) is 3.84. The SMILES string of the molecule is Cc1cccc(C2CCCCN2C(=O)CCN)c1C.Cl. The molecule has 1 aliphatic rings. The van der Waals surface area contributed by atoms with Crippen molar-refractivity contribution in [1.82, 2.24) is 4.90 Å². The molecule has 0 spiro atoms. The Balaban J connectivity index is 0.00000200. The Morgan fingerprint density at radius 3 is 2.80 bits per heavy atom. The van der Waals surface area contributed by atoms with Gasteiger partial charge < -0.3 is 10.6 Å². The standard InChI is InChI=1S/C16H24N2O.ClH/c1-12-6-5-7-14(13(12)2)15-8-3-4-11-18(15)16(19)9-10-17;/h5-7,15H,3-4,8-11,17H2,1-2H3;1H. The molecular weight excluding hydrogens is 272 g/mol. The summed E-state index contributed by atoms with van der Waals surface area (Å²) in [6, 6.07) is 6.64. The van der Waals surface area contributed by atoms with Crippen molar-refractivity contribution in [3.05, 3.63) is 34.9 Å². The van der Waals surface area contributed by atoms with Crippen molar-refractivity contribution in [2.45, 2.75) is 45.6 Å². The summed E-state index contributed by atoms with van der Waals surface area (Å²) in [5, 5.41) is 0. The lowest BCUT2D eigenvalue weighted by Gasteiger charge is -2.37. The summed E-state index contributed by atoms with van der Waals surface area (Å²) in [5.41, 5.74) is 9.46. The van der Waals surface area contributed by atoms with Crippen LogP contribution in [0, 0.1) is 13.8 Å². The topological polar surface area (TPSA) is 46.3 Å². The fraction of sp³-hybridized carbons (Fsp3) is 0.562. The number of hydrogen-bond donors (Lipinski definition) is 1. The van der Waals surface area contributed by atoms with Gasteiger partial charge in [0.2, 0.25) is 5.91 Å². The fourth-order valence-corrected chi connectivity index (χ4v) is 2.96. The highest BCUT2D eigenvalue weighted by Crippen LogP contribution is 2.33. The van der Waals surface area contributed by atoms with Crippen LogP contribution in [-0.4, -0.2) is 23.9 Å². The van der Waals surface area contributed by atoms with Crippen LogP contribution in [0.25, 0.3) is 0 Å². The molecule has 1 aliphatic heterocycles. The van der Waals surface area contributed by atoms with Crippen molar-refractivity contribution in [3.8, 4) is 0 Å². The predicted octanol–water partition coefficient (Wildman–Crippen LogP) is 3.13. The molecule has 2 N–H and O–H groups in total. The number of nitrogens with zero attached hydrogens (tertiary/aromatic N) is 1. The molecule has 0 radical (unpaired) electrons. The van der Waals surface area contributed by atoms with E-state index in [9.17, 15) is 4.79 Å². The first-order chi connectivity index (χ1) is 9.15. The molecule has 1 unspecified atom stereocenters. The molecule has 0 bridgehead atoms. The van der Waals surface area contributed by atoms with Crippen LogP contribution in [0.4, 0.5) is 0 Å². The minimum absolute atomic E-state index is 0. The third-order valence-electron chi connectivity index (χ3n) is 4.19. The maximum absolute atomic E-state index is 12.2. The highest BCUT2D eigenvalue weighted by atomic mass is 35.5. The van der Waals surface area contributed by atoms with Gasteiger partial charge in [-0.3, -0.25) is 4.79 Å². The lowest BCUT2D eigenvalue weighted by atomic mass is 9.90. The van der Waals surface area contributed by atoms with E-state index in [1.165, 1.54) is 23.1 Å². The largest absolute Gasteiger partial charge is 0.336 e. The Kier molecular flexibility index (Phi) is 6.50. The first-order valence-corrected chi connectivity index (χ1v) is 7.20. The van der Waals surface area contributed by atoms with Gasteiger partial charge in [-0.25, -0.2) is 0 Å². The predicted molar refractivity (Wildman–Crippen MR) is 85.1 cm³/mol. The highest BCUT2D eigenvalue weighted by Gasteiger charge is 2.28. The number of benzene rings is 1. The first-order valence-electron chi connectivity index (χ1n) is 7.20. The number of nitrogens with two attached hydrogens (primary N) is 1. The number of halogens is 1. The van der Waals surface area contributed by atoms with Crippen molar-refractivity contribution in [1.29, 1.82) is 0 Å². The van der Waals surface area contributed by atoms with Gasteiger partial charge in [-0.2, -0.15) is 0 Å². The smallest absolute Gasteiger partial charge is 0.224 e. The number of rotatable bonds is 3. The van der Waals surface area contributed by atoms with Gasteiger partial charge in [-0.15, -0.1) is 12.4 Å². The van der Waals surface area contributed by atoms with Crippen molar-refractivity contribution in [2.75, 3.05) is 13.1 Å². The van der Waals surface area contributed by atoms with E-state index in [2.05, 4.69) is 32.0 Å². The number of carbonyl (C=O) groups is 1. The van der Waals surface area contributed by atoms with Crippen LogP contribution in [0.5, 0.6) is 0 Å². The molecule has 3 nitrogen and oxygen atoms in total. The summed E-state index contributed by atoms with van der Waals surface area (Å²) in [4.78, 5) is 14.3. The van der Waals surface area contributed by atoms with Crippen LogP contribution in [0.1, 0.15) is 48.4 Å². The molecule has 1 saturated heterocycles. The van der Waals surface area contributed by atoms with Crippen LogP contribution in [0.2, 0.25) is 0 Å². The molecule has 20 heavy (non-hydrogen) atoms. The average molecular weight is 297 g/mol. The van der Waals surface area contributed by atoms with Crippen LogP contribution < -0.4 is 5.73 Å². The Hall–Kier alpha value is -1.06. The summed E-state index contributed by atoms with van der Waals surface area (Å²) < 4.78 is 0. The molecule has 1 fully saturated rings. The maximum Gasteiger partial charge on any atom is 0.224 e. The summed E-state index contributed by atoms with van der Waals surface area (Å²) >= 11 is 0. The molecule has 1 aromatic rings. The second-order valence-electron chi connectivity index (χ2n) is 5.43. The number of likely N-dealkylation sites (tertiary alicyclic amines) is 1. The van der Waals surface area contributed by atoms with Crippen LogP contribution in [-0.2, 0) is 4.79 Å². The van der Waals surface area contributed by atoms with E-state index < -0.39 is 0 Å². The molecular formula is C16H25ClN2O. The summed E-state index contributed by atoms with van der Waals surface area (Å²) in [5.74, 6) is 0.202. The molecule has 4 heteroatoms. The minimum atomic E-state index is 0. The number of hydrogen-bond acceptors (Lipinski definition) is 2. The monoisotopic (exact) mass is 296 g/mol. The number of piperidine rings is 1. The molecule has 0 aromatic heterocycles. The van der Waals surface area contributed by atoms with Crippen molar-refractivity contribution < 1.29 is 4.79 Å². The van der Waals surface area contributed by atoms with Gasteiger partial charge >= 0.3 is 0 Å². The van der Waals surface area contributed by atoms with Crippen LogP contribution in [0.15, 0.2) is 18.2 Å². The van der Waals surface area contributed by atoms with Gasteiger partial charge in [0.25, 0.3) is 0 Å². The molecule has 1 amide bonds. The third kappa shape index (κ3) is 3.53. The van der Waals surface area contributed by atoms with Gasteiger partial charge in [-0.1, -0.05) is 18.2 Å². The normalized spacial score (nSPS) is 18.6. The van der Waals surface area contributed by atoms with E-state index in [1.807, 2.05) is 4.90 Å². The van der Waals surface area contributed by atoms with E-state index in [1.54, 1.807) is 0 Å². The van der Waals surface area contributed by atoms with Gasteiger partial charge in [-0.05, 0) is 49.8 Å². The van der Waals surface area contributed by atoms with E-state index in [-0.39, 0.29) is 24.4 Å². The van der Waals surface area contributed by atoms with Crippen molar-refractivity contribution in [2.24, 2.45) is 5.73 Å². The Morgan fingerprint density at radius 2 is 2.10 bits per heavy atom. The average Bonchev–Trinajstić information content (AvgIpc) is 2.42. The second kappa shape index (κ2) is 7.65. The molecule has 1 heterocycles. The lowest BCUT2D eigenvalue weighted by Crippen LogP contribution is -2.39. The van der Waals surface area contributed by atoms with Gasteiger partial charge in [0.05, 0.1) is 6.04 Å². The highest BCUT2D eigenvalue weighted by molar-refractivity contribution is 5.85. The zero-order valence-electron chi connectivity index (χ0n) is 12.4. The zero-order chi connectivity index (χ0) is 13.8. The Bertz CT molecular complexity index is 462. The van der Waals surface area contributed by atoms with Crippen LogP contribution in [0.3, 0.4) is 0 Å². The van der Waals surface area contributed by atoms with E-state index in [0.29, 0.717) is 13.0 Å².